The van der Waals surface area contributed by atoms with E-state index in [4.69, 9.17) is 0 Å². The summed E-state index contributed by atoms with van der Waals surface area (Å²) in [5.41, 5.74) is 17.6. The van der Waals surface area contributed by atoms with Crippen LogP contribution in [0.5, 0.6) is 0 Å². The molecule has 2 unspecified atom stereocenters. The topological polar surface area (TPSA) is 0 Å². The summed E-state index contributed by atoms with van der Waals surface area (Å²) in [6, 6.07) is 42.8. The van der Waals surface area contributed by atoms with Gasteiger partial charge in [0.15, 0.2) is 0 Å². The smallest absolute Gasteiger partial charge is 1.00 e. The minimum atomic E-state index is -1.54. The molecule has 0 nitrogen and oxygen atoms in total. The second-order valence-corrected chi connectivity index (χ2v) is 25.2. The number of hydrogen-bond acceptors (Lipinski definition) is 2. The molecule has 2 heterocycles. The Hall–Kier alpha value is -2.79. The van der Waals surface area contributed by atoms with Gasteiger partial charge in [0.1, 0.15) is 0 Å². The molecule has 0 spiro atoms. The Balaban J connectivity index is 0.00000275. The van der Waals surface area contributed by atoms with Crippen molar-refractivity contribution in [3.05, 3.63) is 162 Å². The van der Waals surface area contributed by atoms with E-state index >= 15 is 0 Å². The van der Waals surface area contributed by atoms with Crippen molar-refractivity contribution in [3.8, 4) is 22.3 Å². The zero-order valence-electron chi connectivity index (χ0n) is 34.6. The molecule has 5 heteroatoms. The van der Waals surface area contributed by atoms with Crippen molar-refractivity contribution >= 4 is 46.0 Å². The van der Waals surface area contributed by atoms with Crippen LogP contribution in [0, 0.1) is 0 Å². The van der Waals surface area contributed by atoms with Gasteiger partial charge in [-0.05, 0) is 0 Å². The maximum Gasteiger partial charge on any atom is -1.00 e. The Morgan fingerprint density at radius 2 is 0.877 bits per heavy atom. The van der Waals surface area contributed by atoms with Crippen molar-refractivity contribution < 1.29 is 47.7 Å². The molecule has 2 aliphatic rings. The van der Waals surface area contributed by atoms with Gasteiger partial charge in [-0.2, -0.15) is 0 Å². The normalized spacial score (nSPS) is 15.9. The van der Waals surface area contributed by atoms with E-state index in [9.17, 15) is 0 Å². The first-order valence-corrected chi connectivity index (χ1v) is 26.1. The average molecular weight is 993 g/mol. The third-order valence-corrected chi connectivity index (χ3v) is 20.7. The van der Waals surface area contributed by atoms with Gasteiger partial charge >= 0.3 is 352 Å². The van der Waals surface area contributed by atoms with E-state index in [-0.39, 0.29) is 35.6 Å². The van der Waals surface area contributed by atoms with Crippen LogP contribution in [-0.2, 0) is 46.6 Å². The fourth-order valence-electron chi connectivity index (χ4n) is 8.39. The fraction of sp³-hybridized carbons (Fsp3) is 0.308. The van der Waals surface area contributed by atoms with Crippen molar-refractivity contribution in [1.29, 1.82) is 0 Å². The average Bonchev–Trinajstić information content (AvgIpc) is 3.97. The van der Waals surface area contributed by atoms with E-state index in [1.165, 1.54) is 76.9 Å². The van der Waals surface area contributed by atoms with Gasteiger partial charge in [0.2, 0.25) is 0 Å². The molecule has 2 aromatic heterocycles. The first kappa shape index (κ1) is 43.8. The zero-order chi connectivity index (χ0) is 38.5. The van der Waals surface area contributed by atoms with Crippen LogP contribution >= 0.6 is 22.7 Å². The SMILES string of the molecule is CCCc1ccc(C2=Cc3c(-c4ccc(C(C)(C)C)cc4)cccc3[CH]2[Hf+2][CH]2C(c3ccc(CCC)s3)=Cc3c(-c4ccc(C(C)(C)C)cc4)cccc32)s1.[Cl-].[Cl-]. The van der Waals surface area contributed by atoms with Crippen LogP contribution in [0.1, 0.15) is 128 Å². The third-order valence-electron chi connectivity index (χ3n) is 11.5. The van der Waals surface area contributed by atoms with E-state index in [2.05, 4.69) is 177 Å². The molecular formula is C52H54Cl2HfS2. The molecule has 0 radical (unpaired) electrons. The number of aryl methyl sites for hydroxylation is 2. The van der Waals surface area contributed by atoms with Crippen LogP contribution in [-0.4, -0.2) is 0 Å². The number of fused-ring (bicyclic) bond motifs is 2. The maximum absolute atomic E-state index is 2.61. The van der Waals surface area contributed by atoms with Crippen molar-refractivity contribution in [2.75, 3.05) is 0 Å². The number of thiophene rings is 2. The summed E-state index contributed by atoms with van der Waals surface area (Å²) in [5.74, 6) is 0. The summed E-state index contributed by atoms with van der Waals surface area (Å²) in [6.07, 6.45) is 9.90. The molecular weight excluding hydrogens is 938 g/mol. The predicted molar refractivity (Wildman–Crippen MR) is 239 cm³/mol. The molecule has 0 amide bonds. The molecule has 6 aromatic rings. The molecule has 2 aliphatic carbocycles. The van der Waals surface area contributed by atoms with E-state index in [0.717, 1.165) is 12.8 Å². The predicted octanol–water partition coefficient (Wildman–Crippen LogP) is 9.62. The Morgan fingerprint density at radius 3 is 1.23 bits per heavy atom. The maximum atomic E-state index is 2.61. The Kier molecular flexibility index (Phi) is 13.7. The van der Waals surface area contributed by atoms with E-state index < -0.39 is 22.9 Å². The van der Waals surface area contributed by atoms with Crippen LogP contribution in [0.4, 0.5) is 0 Å². The van der Waals surface area contributed by atoms with Gasteiger partial charge < -0.3 is 24.8 Å². The van der Waals surface area contributed by atoms with E-state index in [1.807, 2.05) is 22.7 Å². The minimum absolute atomic E-state index is 0. The van der Waals surface area contributed by atoms with Crippen molar-refractivity contribution in [2.45, 2.75) is 99.3 Å². The molecule has 2 atom stereocenters. The van der Waals surface area contributed by atoms with Crippen molar-refractivity contribution in [1.82, 2.24) is 0 Å². The molecule has 0 saturated carbocycles. The largest absolute Gasteiger partial charge is 1.00 e. The second kappa shape index (κ2) is 17.8. The summed E-state index contributed by atoms with van der Waals surface area (Å²) >= 11 is 2.53. The summed E-state index contributed by atoms with van der Waals surface area (Å²) < 4.78 is 0.974. The summed E-state index contributed by atoms with van der Waals surface area (Å²) in [7, 11) is 0. The fourth-order valence-corrected chi connectivity index (χ4v) is 18.8. The Morgan fingerprint density at radius 1 is 0.491 bits per heavy atom. The van der Waals surface area contributed by atoms with Gasteiger partial charge in [0, 0.05) is 0 Å². The molecule has 0 bridgehead atoms. The summed E-state index contributed by atoms with van der Waals surface area (Å²) in [6.45, 7) is 18.4. The third kappa shape index (κ3) is 8.90. The number of hydrogen-bond donors (Lipinski definition) is 0. The Labute approximate surface area is 374 Å². The van der Waals surface area contributed by atoms with Crippen molar-refractivity contribution in [3.63, 3.8) is 0 Å². The van der Waals surface area contributed by atoms with Crippen LogP contribution in [0.15, 0.2) is 109 Å². The molecule has 4 aromatic carbocycles. The Bertz CT molecular complexity index is 2220. The van der Waals surface area contributed by atoms with Crippen LogP contribution in [0.3, 0.4) is 0 Å². The molecule has 0 N–H and O–H groups in total. The first-order valence-electron chi connectivity index (χ1n) is 20.3. The van der Waals surface area contributed by atoms with Gasteiger partial charge in [-0.25, -0.2) is 0 Å². The van der Waals surface area contributed by atoms with E-state index in [0.29, 0.717) is 7.35 Å². The van der Waals surface area contributed by atoms with Crippen LogP contribution < -0.4 is 24.8 Å². The van der Waals surface area contributed by atoms with E-state index in [1.54, 1.807) is 22.3 Å². The van der Waals surface area contributed by atoms with Crippen LogP contribution in [0.25, 0.3) is 45.6 Å². The number of rotatable bonds is 10. The van der Waals surface area contributed by atoms with Crippen LogP contribution in [0.2, 0.25) is 0 Å². The number of benzene rings is 4. The molecule has 0 fully saturated rings. The number of halogens is 2. The van der Waals surface area contributed by atoms with Gasteiger partial charge in [-0.15, -0.1) is 0 Å². The first-order chi connectivity index (χ1) is 26.4. The van der Waals surface area contributed by atoms with Gasteiger partial charge in [0.25, 0.3) is 0 Å². The molecule has 57 heavy (non-hydrogen) atoms. The molecule has 0 saturated heterocycles. The quantitative estimate of drug-likeness (QED) is 0.120. The molecule has 0 aliphatic heterocycles. The van der Waals surface area contributed by atoms with Gasteiger partial charge in [-0.1, -0.05) is 0 Å². The number of allylic oxidation sites excluding steroid dienone is 2. The molecule has 292 valence electrons. The standard InChI is InChI=1S/2C26H27S.2ClH.Hf/c2*1-5-7-22-14-15-25(27-22)20-16-19-8-6-9-23(24(19)17-20)18-10-12-21(13-11-18)26(2,3)4;;;/h2*6,8-17H,5,7H2,1-4H3;2*1H;/q;;;;+2/p-2. The van der Waals surface area contributed by atoms with Gasteiger partial charge in [-0.3, -0.25) is 0 Å². The summed E-state index contributed by atoms with van der Waals surface area (Å²) in [4.78, 5) is 5.97. The molecule has 8 rings (SSSR count). The van der Waals surface area contributed by atoms with Gasteiger partial charge in [0.05, 0.1) is 0 Å². The summed E-state index contributed by atoms with van der Waals surface area (Å²) in [5, 5.41) is 0. The second-order valence-electron chi connectivity index (χ2n) is 17.5. The van der Waals surface area contributed by atoms with Crippen molar-refractivity contribution in [2.24, 2.45) is 0 Å². The minimum Gasteiger partial charge on any atom is -1.00 e. The monoisotopic (exact) mass is 992 g/mol. The zero-order valence-corrected chi connectivity index (χ0v) is 41.3.